The number of ether oxygens (including phenoxy) is 1. The van der Waals surface area contributed by atoms with E-state index >= 15 is 0 Å². The highest BCUT2D eigenvalue weighted by molar-refractivity contribution is 4.75. The zero-order chi connectivity index (χ0) is 5.82. The topological polar surface area (TPSA) is 9.23 Å². The molecule has 1 radical (unpaired) electrons. The third-order valence-electron chi connectivity index (χ3n) is 1.53. The van der Waals surface area contributed by atoms with Crippen LogP contribution in [0.1, 0.15) is 26.2 Å². The lowest BCUT2D eigenvalue weighted by atomic mass is 10.0. The largest absolute Gasteiger partial charge is 0.375 e. The van der Waals surface area contributed by atoms with E-state index in [-0.39, 0.29) is 0 Å². The van der Waals surface area contributed by atoms with Gasteiger partial charge >= 0.3 is 0 Å². The Morgan fingerprint density at radius 2 is 2.50 bits per heavy atom. The maximum atomic E-state index is 4.91. The molecule has 8 heavy (non-hydrogen) atoms. The van der Waals surface area contributed by atoms with Crippen LogP contribution in [-0.2, 0) is 4.74 Å². The maximum Gasteiger partial charge on any atom is 0.0890 e. The van der Waals surface area contributed by atoms with Gasteiger partial charge in [-0.3, -0.25) is 0 Å². The molecular weight excluding hydrogens is 100 g/mol. The highest BCUT2D eigenvalue weighted by Crippen LogP contribution is 2.20. The summed E-state index contributed by atoms with van der Waals surface area (Å²) in [5, 5.41) is 0. The smallest absolute Gasteiger partial charge is 0.0890 e. The molecule has 1 aliphatic rings. The van der Waals surface area contributed by atoms with Gasteiger partial charge in [0.15, 0.2) is 0 Å². The molecule has 1 heteroatoms. The molecule has 0 spiro atoms. The minimum absolute atomic E-state index is 0.787. The molecule has 1 atom stereocenters. The zero-order valence-electron chi connectivity index (χ0n) is 5.39. The van der Waals surface area contributed by atoms with E-state index in [4.69, 9.17) is 4.74 Å². The van der Waals surface area contributed by atoms with Gasteiger partial charge < -0.3 is 4.74 Å². The SMILES string of the molecule is CCCCC1[CH]OC1. The van der Waals surface area contributed by atoms with Gasteiger partial charge in [0.05, 0.1) is 13.2 Å². The fourth-order valence-electron chi connectivity index (χ4n) is 0.850. The van der Waals surface area contributed by atoms with Crippen molar-refractivity contribution in [3.05, 3.63) is 6.61 Å². The molecule has 1 rings (SSSR count). The van der Waals surface area contributed by atoms with Gasteiger partial charge in [-0.05, 0) is 6.42 Å². The average molecular weight is 113 g/mol. The van der Waals surface area contributed by atoms with Crippen LogP contribution < -0.4 is 0 Å². The van der Waals surface area contributed by atoms with E-state index in [1.165, 1.54) is 19.3 Å². The lowest BCUT2D eigenvalue weighted by Gasteiger charge is -2.24. The second-order valence-corrected chi connectivity index (χ2v) is 2.37. The van der Waals surface area contributed by atoms with Crippen LogP contribution in [0.5, 0.6) is 0 Å². The van der Waals surface area contributed by atoms with Crippen molar-refractivity contribution in [3.63, 3.8) is 0 Å². The van der Waals surface area contributed by atoms with E-state index in [0.717, 1.165) is 12.5 Å². The Hall–Kier alpha value is -0.0400. The highest BCUT2D eigenvalue weighted by Gasteiger charge is 2.17. The van der Waals surface area contributed by atoms with E-state index < -0.39 is 0 Å². The molecule has 0 aliphatic carbocycles. The quantitative estimate of drug-likeness (QED) is 0.543. The van der Waals surface area contributed by atoms with Gasteiger partial charge in [0.1, 0.15) is 0 Å². The second kappa shape index (κ2) is 3.08. The van der Waals surface area contributed by atoms with E-state index in [9.17, 15) is 0 Å². The summed E-state index contributed by atoms with van der Waals surface area (Å²) in [5.74, 6) is 0.787. The first-order chi connectivity index (χ1) is 3.93. The van der Waals surface area contributed by atoms with Gasteiger partial charge in [-0.2, -0.15) is 0 Å². The van der Waals surface area contributed by atoms with Crippen molar-refractivity contribution in [2.45, 2.75) is 26.2 Å². The Morgan fingerprint density at radius 1 is 1.75 bits per heavy atom. The van der Waals surface area contributed by atoms with Gasteiger partial charge in [-0.15, -0.1) is 0 Å². The Balaban J connectivity index is 1.86. The summed E-state index contributed by atoms with van der Waals surface area (Å²) >= 11 is 0. The van der Waals surface area contributed by atoms with Crippen LogP contribution in [0.3, 0.4) is 0 Å². The van der Waals surface area contributed by atoms with Crippen LogP contribution in [0.4, 0.5) is 0 Å². The van der Waals surface area contributed by atoms with Crippen molar-refractivity contribution in [1.82, 2.24) is 0 Å². The first-order valence-corrected chi connectivity index (χ1v) is 3.38. The minimum atomic E-state index is 0.787. The van der Waals surface area contributed by atoms with Crippen LogP contribution in [0.25, 0.3) is 0 Å². The van der Waals surface area contributed by atoms with Gasteiger partial charge in [0.25, 0.3) is 0 Å². The van der Waals surface area contributed by atoms with E-state index in [0.29, 0.717) is 0 Å². The fraction of sp³-hybridized carbons (Fsp3) is 0.857. The molecule has 0 amide bonds. The van der Waals surface area contributed by atoms with Crippen molar-refractivity contribution in [2.24, 2.45) is 5.92 Å². The number of hydrogen-bond acceptors (Lipinski definition) is 1. The first-order valence-electron chi connectivity index (χ1n) is 3.38. The molecule has 0 aromatic rings. The standard InChI is InChI=1S/C7H13O/c1-2-3-4-7-5-8-6-7/h5,7H,2-4,6H2,1H3. The Labute approximate surface area is 51.0 Å². The molecule has 1 unspecified atom stereocenters. The van der Waals surface area contributed by atoms with E-state index in [1.54, 1.807) is 0 Å². The second-order valence-electron chi connectivity index (χ2n) is 2.37. The third-order valence-corrected chi connectivity index (χ3v) is 1.53. The molecule has 1 nitrogen and oxygen atoms in total. The summed E-state index contributed by atoms with van der Waals surface area (Å²) in [6, 6.07) is 0. The lowest BCUT2D eigenvalue weighted by molar-refractivity contribution is 0.0301. The van der Waals surface area contributed by atoms with Gasteiger partial charge in [0, 0.05) is 5.92 Å². The molecule has 0 saturated carbocycles. The van der Waals surface area contributed by atoms with Crippen molar-refractivity contribution in [1.29, 1.82) is 0 Å². The predicted molar refractivity (Wildman–Crippen MR) is 33.3 cm³/mol. The monoisotopic (exact) mass is 113 g/mol. The molecule has 1 saturated heterocycles. The zero-order valence-corrected chi connectivity index (χ0v) is 5.39. The molecular formula is C7H13O. The predicted octanol–water partition coefficient (Wildman–Crippen LogP) is 1.98. The molecule has 0 bridgehead atoms. The number of hydrogen-bond donors (Lipinski definition) is 0. The maximum absolute atomic E-state index is 4.91. The summed E-state index contributed by atoms with van der Waals surface area (Å²) < 4.78 is 4.91. The molecule has 0 aromatic heterocycles. The normalized spacial score (nSPS) is 20.6. The van der Waals surface area contributed by atoms with Crippen molar-refractivity contribution in [3.8, 4) is 0 Å². The van der Waals surface area contributed by atoms with Crippen LogP contribution in [0.2, 0.25) is 0 Å². The molecule has 47 valence electrons. The highest BCUT2D eigenvalue weighted by atomic mass is 16.5. The molecule has 1 heterocycles. The fourth-order valence-corrected chi connectivity index (χ4v) is 0.850. The summed E-state index contributed by atoms with van der Waals surface area (Å²) in [4.78, 5) is 0. The molecule has 1 fully saturated rings. The average Bonchev–Trinajstić information content (AvgIpc) is 1.63. The van der Waals surface area contributed by atoms with Crippen LogP contribution >= 0.6 is 0 Å². The summed E-state index contributed by atoms with van der Waals surface area (Å²) in [6.07, 6.45) is 3.99. The van der Waals surface area contributed by atoms with Crippen molar-refractivity contribution in [2.75, 3.05) is 6.61 Å². The van der Waals surface area contributed by atoms with Crippen molar-refractivity contribution < 1.29 is 4.74 Å². The van der Waals surface area contributed by atoms with Crippen LogP contribution in [0, 0.1) is 12.5 Å². The summed E-state index contributed by atoms with van der Waals surface area (Å²) in [5.41, 5.74) is 0. The van der Waals surface area contributed by atoms with Gasteiger partial charge in [-0.1, -0.05) is 19.8 Å². The summed E-state index contributed by atoms with van der Waals surface area (Å²) in [7, 11) is 0. The molecule has 0 aromatic carbocycles. The number of unbranched alkanes of at least 4 members (excludes halogenated alkanes) is 1. The lowest BCUT2D eigenvalue weighted by Crippen LogP contribution is -2.21. The molecule has 0 N–H and O–H groups in total. The summed E-state index contributed by atoms with van der Waals surface area (Å²) in [6.45, 7) is 5.15. The first kappa shape index (κ1) is 6.09. The van der Waals surface area contributed by atoms with Gasteiger partial charge in [-0.25, -0.2) is 0 Å². The van der Waals surface area contributed by atoms with E-state index in [2.05, 4.69) is 6.92 Å². The Morgan fingerprint density at radius 3 is 2.88 bits per heavy atom. The van der Waals surface area contributed by atoms with Gasteiger partial charge in [0.2, 0.25) is 0 Å². The minimum Gasteiger partial charge on any atom is -0.375 e. The third kappa shape index (κ3) is 1.48. The Kier molecular flexibility index (Phi) is 2.34. The molecule has 1 aliphatic heterocycles. The van der Waals surface area contributed by atoms with Crippen LogP contribution in [0.15, 0.2) is 0 Å². The Bertz CT molecular complexity index is 57.4. The number of rotatable bonds is 3. The van der Waals surface area contributed by atoms with E-state index in [1.807, 2.05) is 6.61 Å². The van der Waals surface area contributed by atoms with Crippen LogP contribution in [-0.4, -0.2) is 6.61 Å². The van der Waals surface area contributed by atoms with Crippen molar-refractivity contribution >= 4 is 0 Å².